The van der Waals surface area contributed by atoms with Gasteiger partial charge in [0.05, 0.1) is 41.7 Å². The Balaban J connectivity index is 1.28. The maximum atomic E-state index is 13.3. The van der Waals surface area contributed by atoms with Gasteiger partial charge in [-0.15, -0.1) is 0 Å². The number of nitrogens with one attached hydrogen (secondary N) is 1. The molecule has 41 heavy (non-hydrogen) atoms. The molecule has 2 aromatic heterocycles. The minimum Gasteiger partial charge on any atom is -0.458 e. The molecule has 0 spiro atoms. The molecule has 4 heterocycles. The standard InChI is InChI=1S/C28H32N3O9P/c1-3-28(36)21-12-23-24-18(13-31(23)26(34)20(21)15-39-27(28)35)11-17-10-16(7-8-22(17)30-24)25(33)29-9-5-4-6-19(32)14-40-41(2,37)38/h7-8,10-12,19,32,36H,3-6,9,13-15H2,1-2H3,(H,29,33)(H,37,38)/t19?,28-/m0/s1. The normalized spacial score (nSPS) is 19.6. The Labute approximate surface area is 235 Å². The fraction of sp³-hybridized carbons (Fsp3) is 0.429. The first-order chi connectivity index (χ1) is 19.4. The van der Waals surface area contributed by atoms with Crippen LogP contribution in [-0.4, -0.2) is 62.5 Å². The Bertz CT molecular complexity index is 1650. The Hall–Kier alpha value is -3.41. The van der Waals surface area contributed by atoms with Crippen molar-refractivity contribution in [2.75, 3.05) is 19.8 Å². The molecule has 4 N–H and O–H groups in total. The summed E-state index contributed by atoms with van der Waals surface area (Å²) in [5.74, 6) is -1.04. The number of hydrogen-bond donors (Lipinski definition) is 4. The number of rotatable bonds is 10. The molecular formula is C28H32N3O9P. The van der Waals surface area contributed by atoms with Crippen LogP contribution in [0.5, 0.6) is 0 Å². The summed E-state index contributed by atoms with van der Waals surface area (Å²) in [6.07, 6.45) is 0.779. The average molecular weight is 586 g/mol. The van der Waals surface area contributed by atoms with Crippen molar-refractivity contribution in [3.8, 4) is 11.4 Å². The van der Waals surface area contributed by atoms with E-state index in [1.54, 1.807) is 35.8 Å². The maximum Gasteiger partial charge on any atom is 0.343 e. The molecule has 2 unspecified atom stereocenters. The predicted molar refractivity (Wildman–Crippen MR) is 148 cm³/mol. The van der Waals surface area contributed by atoms with Crippen molar-refractivity contribution in [3.05, 3.63) is 62.9 Å². The van der Waals surface area contributed by atoms with Crippen LogP contribution in [-0.2, 0) is 37.4 Å². The van der Waals surface area contributed by atoms with Gasteiger partial charge in [-0.3, -0.25) is 14.2 Å². The smallest absolute Gasteiger partial charge is 0.343 e. The molecule has 0 saturated carbocycles. The van der Waals surface area contributed by atoms with Gasteiger partial charge >= 0.3 is 13.6 Å². The van der Waals surface area contributed by atoms with Gasteiger partial charge in [-0.25, -0.2) is 9.78 Å². The number of aliphatic hydroxyl groups is 2. The Morgan fingerprint density at radius 3 is 2.78 bits per heavy atom. The van der Waals surface area contributed by atoms with Crippen LogP contribution in [0.25, 0.3) is 22.3 Å². The lowest BCUT2D eigenvalue weighted by Crippen LogP contribution is -2.44. The first kappa shape index (κ1) is 29.1. The van der Waals surface area contributed by atoms with Crippen molar-refractivity contribution in [2.24, 2.45) is 0 Å². The van der Waals surface area contributed by atoms with Gasteiger partial charge in [-0.2, -0.15) is 0 Å². The molecule has 5 rings (SSSR count). The second-order valence-electron chi connectivity index (χ2n) is 10.5. The zero-order valence-corrected chi connectivity index (χ0v) is 23.6. The van der Waals surface area contributed by atoms with Gasteiger partial charge in [0.2, 0.25) is 0 Å². The molecule has 12 nitrogen and oxygen atoms in total. The summed E-state index contributed by atoms with van der Waals surface area (Å²) in [4.78, 5) is 52.3. The second kappa shape index (κ2) is 11.1. The van der Waals surface area contributed by atoms with Gasteiger partial charge in [0, 0.05) is 35.3 Å². The van der Waals surface area contributed by atoms with E-state index in [0.717, 1.165) is 17.6 Å². The number of cyclic esters (lactones) is 1. The summed E-state index contributed by atoms with van der Waals surface area (Å²) in [5.41, 5.74) is 1.25. The number of pyridine rings is 2. The number of amides is 1. The number of fused-ring (bicyclic) bond motifs is 5. The molecule has 2 aliphatic heterocycles. The highest BCUT2D eigenvalue weighted by molar-refractivity contribution is 7.51. The number of aliphatic hydroxyl groups excluding tert-OH is 1. The fourth-order valence-electron chi connectivity index (χ4n) is 5.24. The van der Waals surface area contributed by atoms with Crippen molar-refractivity contribution in [1.29, 1.82) is 0 Å². The third kappa shape index (κ3) is 5.71. The number of carbonyl (C=O) groups excluding carboxylic acids is 2. The maximum absolute atomic E-state index is 13.3. The molecule has 0 saturated heterocycles. The van der Waals surface area contributed by atoms with Crippen molar-refractivity contribution in [3.63, 3.8) is 0 Å². The van der Waals surface area contributed by atoms with Crippen LogP contribution in [0, 0.1) is 0 Å². The van der Waals surface area contributed by atoms with Crippen LogP contribution in [0.1, 0.15) is 59.7 Å². The van der Waals surface area contributed by atoms with Crippen LogP contribution in [0.4, 0.5) is 0 Å². The van der Waals surface area contributed by atoms with E-state index in [1.807, 2.05) is 6.07 Å². The van der Waals surface area contributed by atoms with E-state index in [4.69, 9.17) is 19.1 Å². The molecule has 0 bridgehead atoms. The molecule has 218 valence electrons. The van der Waals surface area contributed by atoms with Crippen molar-refractivity contribution in [2.45, 2.75) is 57.5 Å². The van der Waals surface area contributed by atoms with E-state index in [-0.39, 0.29) is 48.8 Å². The van der Waals surface area contributed by atoms with Crippen LogP contribution < -0.4 is 10.9 Å². The van der Waals surface area contributed by atoms with E-state index in [0.29, 0.717) is 48.3 Å². The number of esters is 1. The number of carbonyl (C=O) groups is 2. The zero-order valence-electron chi connectivity index (χ0n) is 22.8. The number of aromatic nitrogens is 2. The summed E-state index contributed by atoms with van der Waals surface area (Å²) in [6, 6.07) is 8.67. The molecule has 3 aromatic rings. The Morgan fingerprint density at radius 1 is 1.27 bits per heavy atom. The SMILES string of the molecule is CC[C@@]1(O)C(=O)OCc2c1cc1n(c2=O)Cc2cc3cc(C(=O)NCCCCC(O)COP(C)(=O)O)ccc3nc2-1. The van der Waals surface area contributed by atoms with Crippen molar-refractivity contribution < 1.29 is 38.5 Å². The lowest BCUT2D eigenvalue weighted by molar-refractivity contribution is -0.172. The number of benzene rings is 1. The van der Waals surface area contributed by atoms with E-state index >= 15 is 0 Å². The van der Waals surface area contributed by atoms with Gasteiger partial charge in [-0.1, -0.05) is 6.92 Å². The Kier molecular flexibility index (Phi) is 7.88. The molecule has 0 radical (unpaired) electrons. The molecule has 2 aliphatic rings. The van der Waals surface area contributed by atoms with E-state index in [2.05, 4.69) is 5.32 Å². The summed E-state index contributed by atoms with van der Waals surface area (Å²) in [5, 5.41) is 24.4. The van der Waals surface area contributed by atoms with Crippen LogP contribution in [0.15, 0.2) is 35.1 Å². The molecule has 13 heteroatoms. The van der Waals surface area contributed by atoms with E-state index < -0.39 is 25.3 Å². The summed E-state index contributed by atoms with van der Waals surface area (Å²) in [6.45, 7) is 2.95. The molecule has 1 aromatic carbocycles. The fourth-order valence-corrected chi connectivity index (χ4v) is 5.69. The first-order valence-electron chi connectivity index (χ1n) is 13.4. The summed E-state index contributed by atoms with van der Waals surface area (Å²) >= 11 is 0. The lowest BCUT2D eigenvalue weighted by atomic mass is 9.86. The number of ether oxygens (including phenoxy) is 1. The van der Waals surface area contributed by atoms with Gasteiger partial charge in [-0.05, 0) is 56.0 Å². The van der Waals surface area contributed by atoms with Crippen LogP contribution in [0.3, 0.4) is 0 Å². The number of hydrogen-bond acceptors (Lipinski definition) is 9. The molecule has 0 aliphatic carbocycles. The van der Waals surface area contributed by atoms with Crippen molar-refractivity contribution in [1.82, 2.24) is 14.9 Å². The first-order valence-corrected chi connectivity index (χ1v) is 15.5. The third-order valence-corrected chi connectivity index (χ3v) is 8.15. The third-order valence-electron chi connectivity index (χ3n) is 7.53. The largest absolute Gasteiger partial charge is 0.458 e. The monoisotopic (exact) mass is 585 g/mol. The highest BCUT2D eigenvalue weighted by atomic mass is 31.2. The van der Waals surface area contributed by atoms with Gasteiger partial charge in [0.15, 0.2) is 5.60 Å². The van der Waals surface area contributed by atoms with Gasteiger partial charge in [0.1, 0.15) is 6.61 Å². The minimum atomic E-state index is -3.63. The Morgan fingerprint density at radius 2 is 2.05 bits per heavy atom. The molecular weight excluding hydrogens is 553 g/mol. The molecule has 0 fully saturated rings. The average Bonchev–Trinajstić information content (AvgIpc) is 3.29. The highest BCUT2D eigenvalue weighted by Crippen LogP contribution is 2.39. The van der Waals surface area contributed by atoms with Crippen LogP contribution >= 0.6 is 7.60 Å². The van der Waals surface area contributed by atoms with Gasteiger partial charge in [0.25, 0.3) is 11.5 Å². The lowest BCUT2D eigenvalue weighted by Gasteiger charge is -2.31. The zero-order chi connectivity index (χ0) is 29.5. The predicted octanol–water partition coefficient (Wildman–Crippen LogP) is 2.17. The minimum absolute atomic E-state index is 0.0647. The van der Waals surface area contributed by atoms with Gasteiger partial charge < -0.3 is 34.3 Å². The topological polar surface area (TPSA) is 177 Å². The second-order valence-corrected chi connectivity index (χ2v) is 12.4. The van der Waals surface area contributed by atoms with E-state index in [9.17, 15) is 29.2 Å². The molecule has 3 atom stereocenters. The quantitative estimate of drug-likeness (QED) is 0.123. The number of nitrogens with zero attached hydrogens (tertiary/aromatic N) is 2. The highest BCUT2D eigenvalue weighted by Gasteiger charge is 2.45. The summed E-state index contributed by atoms with van der Waals surface area (Å²) < 4.78 is 22.5. The van der Waals surface area contributed by atoms with Crippen LogP contribution in [0.2, 0.25) is 0 Å². The van der Waals surface area contributed by atoms with E-state index in [1.165, 1.54) is 0 Å². The van der Waals surface area contributed by atoms with Crippen molar-refractivity contribution >= 4 is 30.4 Å². The number of unbranched alkanes of at least 4 members (excludes halogenated alkanes) is 1. The summed E-state index contributed by atoms with van der Waals surface area (Å²) in [7, 11) is -3.63. The molecule has 1 amide bonds.